The summed E-state index contributed by atoms with van der Waals surface area (Å²) in [6.07, 6.45) is 0. The fourth-order valence-electron chi connectivity index (χ4n) is 2.40. The van der Waals surface area contributed by atoms with Crippen LogP contribution in [-0.4, -0.2) is 25.4 Å². The summed E-state index contributed by atoms with van der Waals surface area (Å²) < 4.78 is 10.8. The van der Waals surface area contributed by atoms with Crippen molar-refractivity contribution in [1.82, 2.24) is 5.32 Å². The van der Waals surface area contributed by atoms with Crippen LogP contribution in [0.4, 0.5) is 0 Å². The maximum atomic E-state index is 12.3. The minimum Gasteiger partial charge on any atom is -0.493 e. The largest absolute Gasteiger partial charge is 0.493 e. The second-order valence-corrected chi connectivity index (χ2v) is 6.99. The van der Waals surface area contributed by atoms with E-state index >= 15 is 0 Å². The highest BCUT2D eigenvalue weighted by Gasteiger charge is 2.20. The van der Waals surface area contributed by atoms with Gasteiger partial charge in [0.05, 0.1) is 13.2 Å². The zero-order chi connectivity index (χ0) is 18.4. The Morgan fingerprint density at radius 3 is 2.52 bits per heavy atom. The summed E-state index contributed by atoms with van der Waals surface area (Å²) >= 11 is 1.62. The smallest absolute Gasteiger partial charge is 0.258 e. The predicted octanol–water partition coefficient (Wildman–Crippen LogP) is 3.85. The molecule has 0 saturated heterocycles. The zero-order valence-corrected chi connectivity index (χ0v) is 15.7. The van der Waals surface area contributed by atoms with Crippen LogP contribution in [0.3, 0.4) is 0 Å². The van der Waals surface area contributed by atoms with E-state index in [9.17, 15) is 9.59 Å². The Morgan fingerprint density at radius 2 is 1.96 bits per heavy atom. The lowest BCUT2D eigenvalue weighted by Crippen LogP contribution is -2.34. The molecule has 134 valence electrons. The Morgan fingerprint density at radius 1 is 1.20 bits per heavy atom. The van der Waals surface area contributed by atoms with Crippen molar-refractivity contribution in [3.05, 3.63) is 46.2 Å². The minimum atomic E-state index is -0.204. The average molecular weight is 361 g/mol. The molecule has 0 aliphatic carbocycles. The maximum absolute atomic E-state index is 12.3. The molecule has 0 aliphatic rings. The molecule has 0 bridgehead atoms. The van der Waals surface area contributed by atoms with Gasteiger partial charge in [0.1, 0.15) is 0 Å². The topological polar surface area (TPSA) is 64.6 Å². The summed E-state index contributed by atoms with van der Waals surface area (Å²) in [4.78, 5) is 24.8. The predicted molar refractivity (Wildman–Crippen MR) is 98.5 cm³/mol. The lowest BCUT2D eigenvalue weighted by atomic mass is 10.0. The number of amides is 1. The zero-order valence-electron chi connectivity index (χ0n) is 14.9. The Hall–Kier alpha value is -2.34. The van der Waals surface area contributed by atoms with E-state index in [0.29, 0.717) is 17.1 Å². The number of rotatable bonds is 8. The number of Topliss-reactive ketones (excluding diaryl/α,β-unsaturated/α-hetero) is 1. The first-order valence-corrected chi connectivity index (χ1v) is 8.95. The maximum Gasteiger partial charge on any atom is 0.258 e. The van der Waals surface area contributed by atoms with Gasteiger partial charge in [0, 0.05) is 10.4 Å². The number of methoxy groups -OCH3 is 1. The van der Waals surface area contributed by atoms with Crippen molar-refractivity contribution in [2.75, 3.05) is 13.7 Å². The summed E-state index contributed by atoms with van der Waals surface area (Å²) in [6.45, 7) is 5.49. The van der Waals surface area contributed by atoms with Crippen molar-refractivity contribution in [3.8, 4) is 11.5 Å². The number of ether oxygens (including phenoxy) is 2. The molecule has 1 aromatic carbocycles. The van der Waals surface area contributed by atoms with Crippen LogP contribution in [0.2, 0.25) is 0 Å². The molecule has 0 radical (unpaired) electrons. The lowest BCUT2D eigenvalue weighted by Gasteiger charge is -2.21. The number of hydrogen-bond donors (Lipinski definition) is 1. The van der Waals surface area contributed by atoms with Gasteiger partial charge in [0.25, 0.3) is 5.91 Å². The molecule has 1 aromatic heterocycles. The van der Waals surface area contributed by atoms with Crippen molar-refractivity contribution in [2.24, 2.45) is 5.92 Å². The molecule has 1 unspecified atom stereocenters. The van der Waals surface area contributed by atoms with E-state index in [1.54, 1.807) is 29.5 Å². The van der Waals surface area contributed by atoms with E-state index in [1.807, 2.05) is 17.5 Å². The van der Waals surface area contributed by atoms with Gasteiger partial charge in [0.2, 0.25) is 0 Å². The number of hydrogen-bond acceptors (Lipinski definition) is 5. The SMILES string of the molecule is COc1cc(C(C)=O)ccc1OCC(=O)NC(c1cccs1)C(C)C. The van der Waals surface area contributed by atoms with Gasteiger partial charge in [0.15, 0.2) is 23.9 Å². The molecule has 6 heteroatoms. The number of carbonyl (C=O) groups is 2. The standard InChI is InChI=1S/C19H23NO4S/c1-12(2)19(17-6-5-9-25-17)20-18(22)11-24-15-8-7-14(13(3)21)10-16(15)23-4/h5-10,12,19H,11H2,1-4H3,(H,20,22). The number of nitrogens with one attached hydrogen (secondary N) is 1. The summed E-state index contributed by atoms with van der Waals surface area (Å²) in [5, 5.41) is 5.00. The molecule has 1 amide bonds. The summed E-state index contributed by atoms with van der Waals surface area (Å²) in [7, 11) is 1.50. The van der Waals surface area contributed by atoms with Crippen LogP contribution < -0.4 is 14.8 Å². The molecule has 2 aromatic rings. The monoisotopic (exact) mass is 361 g/mol. The minimum absolute atomic E-state index is 0.0434. The van der Waals surface area contributed by atoms with Crippen molar-refractivity contribution in [2.45, 2.75) is 26.8 Å². The Bertz CT molecular complexity index is 725. The molecule has 0 aliphatic heterocycles. The first-order chi connectivity index (χ1) is 11.9. The van der Waals surface area contributed by atoms with Crippen LogP contribution >= 0.6 is 11.3 Å². The molecule has 25 heavy (non-hydrogen) atoms. The third-order valence-electron chi connectivity index (χ3n) is 3.76. The molecule has 1 N–H and O–H groups in total. The number of carbonyl (C=O) groups excluding carboxylic acids is 2. The molecule has 0 fully saturated rings. The van der Waals surface area contributed by atoms with Crippen LogP contribution in [-0.2, 0) is 4.79 Å². The van der Waals surface area contributed by atoms with E-state index < -0.39 is 0 Å². The normalized spacial score (nSPS) is 11.9. The highest BCUT2D eigenvalue weighted by Crippen LogP contribution is 2.29. The molecule has 0 saturated carbocycles. The van der Waals surface area contributed by atoms with E-state index in [0.717, 1.165) is 4.88 Å². The van der Waals surface area contributed by atoms with E-state index in [-0.39, 0.29) is 30.3 Å². The van der Waals surface area contributed by atoms with Gasteiger partial charge in [-0.1, -0.05) is 19.9 Å². The number of thiophene rings is 1. The van der Waals surface area contributed by atoms with E-state index in [1.165, 1.54) is 14.0 Å². The second-order valence-electron chi connectivity index (χ2n) is 6.02. The molecule has 5 nitrogen and oxygen atoms in total. The van der Waals surface area contributed by atoms with Gasteiger partial charge in [-0.2, -0.15) is 0 Å². The van der Waals surface area contributed by atoms with Crippen LogP contribution in [0.5, 0.6) is 11.5 Å². The van der Waals surface area contributed by atoms with E-state index in [4.69, 9.17) is 9.47 Å². The van der Waals surface area contributed by atoms with Crippen LogP contribution in [0.25, 0.3) is 0 Å². The fourth-order valence-corrected chi connectivity index (χ4v) is 3.35. The first-order valence-electron chi connectivity index (χ1n) is 8.07. The highest BCUT2D eigenvalue weighted by molar-refractivity contribution is 7.10. The van der Waals surface area contributed by atoms with Crippen molar-refractivity contribution in [3.63, 3.8) is 0 Å². The van der Waals surface area contributed by atoms with Crippen LogP contribution in [0, 0.1) is 5.92 Å². The van der Waals surface area contributed by atoms with Crippen LogP contribution in [0.15, 0.2) is 35.7 Å². The second kappa shape index (κ2) is 8.67. The molecule has 2 rings (SSSR count). The van der Waals surface area contributed by atoms with Crippen LogP contribution in [0.1, 0.15) is 42.0 Å². The Balaban J connectivity index is 2.01. The van der Waals surface area contributed by atoms with Gasteiger partial charge in [-0.25, -0.2) is 0 Å². The molecule has 1 heterocycles. The lowest BCUT2D eigenvalue weighted by molar-refractivity contribution is -0.124. The highest BCUT2D eigenvalue weighted by atomic mass is 32.1. The summed E-state index contributed by atoms with van der Waals surface area (Å²) in [5.41, 5.74) is 0.534. The molecular weight excluding hydrogens is 338 g/mol. The molecule has 1 atom stereocenters. The fraction of sp³-hybridized carbons (Fsp3) is 0.368. The molecular formula is C19H23NO4S. The third-order valence-corrected chi connectivity index (χ3v) is 4.72. The van der Waals surface area contributed by atoms with Gasteiger partial charge < -0.3 is 14.8 Å². The van der Waals surface area contributed by atoms with Crippen molar-refractivity contribution < 1.29 is 19.1 Å². The number of ketones is 1. The van der Waals surface area contributed by atoms with Gasteiger partial charge in [-0.15, -0.1) is 11.3 Å². The van der Waals surface area contributed by atoms with Gasteiger partial charge >= 0.3 is 0 Å². The Kier molecular flexibility index (Phi) is 6.58. The van der Waals surface area contributed by atoms with Gasteiger partial charge in [-0.05, 0) is 42.5 Å². The quantitative estimate of drug-likeness (QED) is 0.725. The van der Waals surface area contributed by atoms with E-state index in [2.05, 4.69) is 19.2 Å². The average Bonchev–Trinajstić information content (AvgIpc) is 3.11. The Labute approximate surface area is 152 Å². The van der Waals surface area contributed by atoms with Gasteiger partial charge in [-0.3, -0.25) is 9.59 Å². The molecule has 0 spiro atoms. The summed E-state index contributed by atoms with van der Waals surface area (Å²) in [6, 6.07) is 8.85. The first kappa shape index (κ1) is 19.0. The third kappa shape index (κ3) is 5.06. The van der Waals surface area contributed by atoms with Crippen molar-refractivity contribution >= 4 is 23.0 Å². The number of benzene rings is 1. The van der Waals surface area contributed by atoms with Crippen molar-refractivity contribution in [1.29, 1.82) is 0 Å². The summed E-state index contributed by atoms with van der Waals surface area (Å²) in [5.74, 6) is 0.870.